The maximum Gasteiger partial charge on any atom is 0.251 e. The van der Waals surface area contributed by atoms with Crippen LogP contribution >= 0.6 is 0 Å². The van der Waals surface area contributed by atoms with Gasteiger partial charge < -0.3 is 5.32 Å². The Kier molecular flexibility index (Phi) is 5.42. The Hall–Kier alpha value is -3.20. The molecule has 5 rings (SSSR count). The summed E-state index contributed by atoms with van der Waals surface area (Å²) in [7, 11) is 0. The molecule has 0 aromatic heterocycles. The van der Waals surface area contributed by atoms with E-state index < -0.39 is 0 Å². The van der Waals surface area contributed by atoms with E-state index in [2.05, 4.69) is 29.6 Å². The van der Waals surface area contributed by atoms with Crippen LogP contribution in [0.25, 0.3) is 11.1 Å². The Bertz CT molecular complexity index is 1090. The topological polar surface area (TPSA) is 46.2 Å². The fourth-order valence-corrected chi connectivity index (χ4v) is 5.11. The van der Waals surface area contributed by atoms with Crippen molar-refractivity contribution in [2.75, 3.05) is 6.54 Å². The standard InChI is InChI=1S/C28H27NO2/c30-27(26-17-25(26)24-12-6-10-21-9-4-5-11-23(21)24)18-29-28(31)22-15-13-20(14-16-22)19-7-2-1-3-8-19/h1-5,7-9,11,13-16,24-26H,6,10,12,17-18H2,(H,29,31)/t24-,25?,26?/m1/s1. The summed E-state index contributed by atoms with van der Waals surface area (Å²) in [5, 5.41) is 2.83. The Morgan fingerprint density at radius 3 is 2.35 bits per heavy atom. The average Bonchev–Trinajstić information content (AvgIpc) is 3.63. The number of rotatable bonds is 6. The molecule has 3 aromatic carbocycles. The minimum absolute atomic E-state index is 0.0944. The summed E-state index contributed by atoms with van der Waals surface area (Å²) in [6.45, 7) is 0.120. The quantitative estimate of drug-likeness (QED) is 0.592. The van der Waals surface area contributed by atoms with Gasteiger partial charge in [0.1, 0.15) is 0 Å². The molecular formula is C28H27NO2. The number of hydrogen-bond acceptors (Lipinski definition) is 2. The summed E-state index contributed by atoms with van der Waals surface area (Å²) < 4.78 is 0. The van der Waals surface area contributed by atoms with Crippen molar-refractivity contribution in [2.24, 2.45) is 11.8 Å². The molecule has 0 spiro atoms. The number of carbonyl (C=O) groups excluding carboxylic acids is 2. The number of amides is 1. The molecule has 1 saturated carbocycles. The minimum atomic E-state index is -0.187. The molecule has 2 unspecified atom stereocenters. The smallest absolute Gasteiger partial charge is 0.251 e. The fourth-order valence-electron chi connectivity index (χ4n) is 5.11. The van der Waals surface area contributed by atoms with Gasteiger partial charge in [0, 0.05) is 11.5 Å². The molecule has 0 heterocycles. The van der Waals surface area contributed by atoms with Gasteiger partial charge in [-0.15, -0.1) is 0 Å². The van der Waals surface area contributed by atoms with Crippen LogP contribution in [0.3, 0.4) is 0 Å². The second-order valence-electron chi connectivity index (χ2n) is 8.80. The van der Waals surface area contributed by atoms with Crippen LogP contribution in [0.4, 0.5) is 0 Å². The van der Waals surface area contributed by atoms with Crippen LogP contribution in [0.15, 0.2) is 78.9 Å². The van der Waals surface area contributed by atoms with E-state index in [9.17, 15) is 9.59 Å². The molecule has 3 aromatic rings. The van der Waals surface area contributed by atoms with Crippen LogP contribution in [0.2, 0.25) is 0 Å². The third-order valence-corrected chi connectivity index (χ3v) is 6.86. The first-order valence-electron chi connectivity index (χ1n) is 11.2. The predicted octanol–water partition coefficient (Wildman–Crippen LogP) is 5.41. The van der Waals surface area contributed by atoms with Gasteiger partial charge in [0.25, 0.3) is 5.91 Å². The maximum atomic E-state index is 12.7. The molecule has 0 bridgehead atoms. The number of benzene rings is 3. The predicted molar refractivity (Wildman–Crippen MR) is 123 cm³/mol. The van der Waals surface area contributed by atoms with Crippen LogP contribution in [0.1, 0.15) is 46.7 Å². The molecule has 1 N–H and O–H groups in total. The van der Waals surface area contributed by atoms with Gasteiger partial charge in [-0.2, -0.15) is 0 Å². The zero-order chi connectivity index (χ0) is 21.2. The zero-order valence-electron chi connectivity index (χ0n) is 17.6. The van der Waals surface area contributed by atoms with E-state index in [0.29, 0.717) is 17.4 Å². The van der Waals surface area contributed by atoms with Gasteiger partial charge >= 0.3 is 0 Å². The molecule has 2 aliphatic rings. The summed E-state index contributed by atoms with van der Waals surface area (Å²) in [5.74, 6) is 1.02. The van der Waals surface area contributed by atoms with E-state index in [1.165, 1.54) is 24.0 Å². The number of aryl methyl sites for hydroxylation is 1. The summed E-state index contributed by atoms with van der Waals surface area (Å²) in [4.78, 5) is 25.3. The van der Waals surface area contributed by atoms with E-state index in [-0.39, 0.29) is 24.2 Å². The fraction of sp³-hybridized carbons (Fsp3) is 0.286. The first-order valence-corrected chi connectivity index (χ1v) is 11.2. The van der Waals surface area contributed by atoms with Crippen molar-refractivity contribution in [1.82, 2.24) is 5.32 Å². The van der Waals surface area contributed by atoms with E-state index in [0.717, 1.165) is 24.0 Å². The van der Waals surface area contributed by atoms with Crippen molar-refractivity contribution >= 4 is 11.7 Å². The number of carbonyl (C=O) groups is 2. The highest BCUT2D eigenvalue weighted by atomic mass is 16.2. The lowest BCUT2D eigenvalue weighted by Gasteiger charge is -2.25. The van der Waals surface area contributed by atoms with Crippen LogP contribution in [0.5, 0.6) is 0 Å². The van der Waals surface area contributed by atoms with E-state index in [1.54, 1.807) is 0 Å². The van der Waals surface area contributed by atoms with Crippen molar-refractivity contribution in [2.45, 2.75) is 31.6 Å². The second-order valence-corrected chi connectivity index (χ2v) is 8.80. The van der Waals surface area contributed by atoms with Gasteiger partial charge in [-0.3, -0.25) is 9.59 Å². The lowest BCUT2D eigenvalue weighted by atomic mass is 9.79. The Balaban J connectivity index is 1.16. The lowest BCUT2D eigenvalue weighted by molar-refractivity contribution is -0.119. The monoisotopic (exact) mass is 409 g/mol. The molecule has 2 aliphatic carbocycles. The number of ketones is 1. The lowest BCUT2D eigenvalue weighted by Crippen LogP contribution is -2.30. The average molecular weight is 410 g/mol. The number of nitrogens with one attached hydrogen (secondary N) is 1. The number of Topliss-reactive ketones (excluding diaryl/α,β-unsaturated/α-hetero) is 1. The van der Waals surface area contributed by atoms with Crippen LogP contribution in [-0.4, -0.2) is 18.2 Å². The van der Waals surface area contributed by atoms with Crippen LogP contribution in [0, 0.1) is 11.8 Å². The Labute approximate surface area is 183 Å². The van der Waals surface area contributed by atoms with E-state index in [1.807, 2.05) is 54.6 Å². The zero-order valence-corrected chi connectivity index (χ0v) is 17.6. The van der Waals surface area contributed by atoms with Crippen molar-refractivity contribution in [3.8, 4) is 11.1 Å². The van der Waals surface area contributed by atoms with Gasteiger partial charge in [0.05, 0.1) is 6.54 Å². The third kappa shape index (κ3) is 4.18. The highest BCUT2D eigenvalue weighted by Gasteiger charge is 2.48. The molecule has 3 atom stereocenters. The Morgan fingerprint density at radius 1 is 0.839 bits per heavy atom. The van der Waals surface area contributed by atoms with Crippen LogP contribution in [-0.2, 0) is 11.2 Å². The number of hydrogen-bond donors (Lipinski definition) is 1. The molecule has 3 heteroatoms. The summed E-state index contributed by atoms with van der Waals surface area (Å²) >= 11 is 0. The van der Waals surface area contributed by atoms with E-state index >= 15 is 0 Å². The molecule has 31 heavy (non-hydrogen) atoms. The highest BCUT2D eigenvalue weighted by molar-refractivity contribution is 5.97. The second kappa shape index (κ2) is 8.50. The van der Waals surface area contributed by atoms with Crippen molar-refractivity contribution in [1.29, 1.82) is 0 Å². The van der Waals surface area contributed by atoms with Gasteiger partial charge in [0.2, 0.25) is 0 Å². The van der Waals surface area contributed by atoms with Gasteiger partial charge in [-0.05, 0) is 71.9 Å². The van der Waals surface area contributed by atoms with Crippen molar-refractivity contribution in [3.05, 3.63) is 95.6 Å². The molecule has 1 amide bonds. The summed E-state index contributed by atoms with van der Waals surface area (Å²) in [5.41, 5.74) is 5.66. The first kappa shape index (κ1) is 19.7. The highest BCUT2D eigenvalue weighted by Crippen LogP contribution is 2.52. The maximum absolute atomic E-state index is 12.7. The molecule has 3 nitrogen and oxygen atoms in total. The minimum Gasteiger partial charge on any atom is -0.345 e. The van der Waals surface area contributed by atoms with Gasteiger partial charge in [-0.25, -0.2) is 0 Å². The normalized spacial score (nSPS) is 21.7. The molecule has 0 aliphatic heterocycles. The first-order chi connectivity index (χ1) is 15.2. The SMILES string of the molecule is O=C(NCC(=O)C1CC1[C@@H]1CCCc2ccccc21)c1ccc(-c2ccccc2)cc1. The van der Waals surface area contributed by atoms with Crippen molar-refractivity contribution < 1.29 is 9.59 Å². The summed E-state index contributed by atoms with van der Waals surface area (Å²) in [6.07, 6.45) is 4.48. The van der Waals surface area contributed by atoms with Gasteiger partial charge in [0.15, 0.2) is 5.78 Å². The molecular weight excluding hydrogens is 382 g/mol. The largest absolute Gasteiger partial charge is 0.345 e. The molecule has 1 fully saturated rings. The summed E-state index contributed by atoms with van der Waals surface area (Å²) in [6, 6.07) is 26.3. The van der Waals surface area contributed by atoms with Crippen molar-refractivity contribution in [3.63, 3.8) is 0 Å². The Morgan fingerprint density at radius 2 is 1.55 bits per heavy atom. The van der Waals surface area contributed by atoms with Crippen LogP contribution < -0.4 is 5.32 Å². The van der Waals surface area contributed by atoms with Gasteiger partial charge in [-0.1, -0.05) is 66.7 Å². The molecule has 156 valence electrons. The van der Waals surface area contributed by atoms with E-state index in [4.69, 9.17) is 0 Å². The third-order valence-electron chi connectivity index (χ3n) is 6.86. The molecule has 0 radical (unpaired) electrons. The number of fused-ring (bicyclic) bond motifs is 1. The molecule has 0 saturated heterocycles.